The van der Waals surface area contributed by atoms with E-state index >= 15 is 0 Å². The van der Waals surface area contributed by atoms with Crippen molar-refractivity contribution < 1.29 is 9.59 Å². The Morgan fingerprint density at radius 2 is 2.10 bits per heavy atom. The maximum absolute atomic E-state index is 12.2. The van der Waals surface area contributed by atoms with Gasteiger partial charge >= 0.3 is 0 Å². The Balaban J connectivity index is 1.86. The van der Waals surface area contributed by atoms with Crippen LogP contribution in [0.1, 0.15) is 22.3 Å². The lowest BCUT2D eigenvalue weighted by Crippen LogP contribution is -2.41. The number of benzene rings is 1. The Labute approximate surface area is 129 Å². The zero-order chi connectivity index (χ0) is 15.2. The van der Waals surface area contributed by atoms with Crippen molar-refractivity contribution in [2.75, 3.05) is 25.1 Å². The summed E-state index contributed by atoms with van der Waals surface area (Å²) in [6.45, 7) is 1.51. The van der Waals surface area contributed by atoms with Crippen molar-refractivity contribution in [2.45, 2.75) is 19.0 Å². The largest absolute Gasteiger partial charge is 0.366 e. The number of thioether (sulfide) groups is 1. The second-order valence-corrected chi connectivity index (χ2v) is 6.39. The lowest BCUT2D eigenvalue weighted by Gasteiger charge is -2.25. The predicted molar refractivity (Wildman–Crippen MR) is 85.2 cm³/mol. The van der Waals surface area contributed by atoms with Gasteiger partial charge < -0.3 is 16.0 Å². The fourth-order valence-corrected chi connectivity index (χ4v) is 3.20. The van der Waals surface area contributed by atoms with Crippen LogP contribution in [0, 0.1) is 0 Å². The molecule has 0 bridgehead atoms. The van der Waals surface area contributed by atoms with Crippen molar-refractivity contribution in [3.63, 3.8) is 0 Å². The highest BCUT2D eigenvalue weighted by Gasteiger charge is 2.19. The van der Waals surface area contributed by atoms with E-state index in [1.54, 1.807) is 24.1 Å². The molecular weight excluding hydrogens is 286 g/mol. The normalized spacial score (nSPS) is 18.2. The molecule has 2 rings (SSSR count). The fraction of sp³-hybridized carbons (Fsp3) is 0.467. The zero-order valence-corrected chi connectivity index (χ0v) is 13.0. The molecule has 0 saturated carbocycles. The first-order valence-electron chi connectivity index (χ1n) is 7.00. The highest BCUT2D eigenvalue weighted by Crippen LogP contribution is 2.12. The predicted octanol–water partition coefficient (Wildman–Crippen LogP) is 0.839. The van der Waals surface area contributed by atoms with E-state index in [1.807, 2.05) is 23.9 Å². The molecule has 1 fully saturated rings. The molecule has 1 unspecified atom stereocenters. The van der Waals surface area contributed by atoms with Crippen LogP contribution in [0.25, 0.3) is 0 Å². The van der Waals surface area contributed by atoms with Gasteiger partial charge in [-0.2, -0.15) is 11.8 Å². The molecule has 2 amide bonds. The van der Waals surface area contributed by atoms with E-state index in [2.05, 4.69) is 5.32 Å². The summed E-state index contributed by atoms with van der Waals surface area (Å²) >= 11 is 1.89. The average molecular weight is 307 g/mol. The number of nitrogens with two attached hydrogens (primary N) is 1. The number of nitrogens with one attached hydrogen (secondary N) is 1. The molecule has 21 heavy (non-hydrogen) atoms. The SMILES string of the molecule is CN(Cc1ccc(C(N)=O)cc1)C(=O)CC1CSCCN1. The first-order valence-corrected chi connectivity index (χ1v) is 8.15. The number of carbonyl (C=O) groups is 2. The lowest BCUT2D eigenvalue weighted by atomic mass is 10.1. The highest BCUT2D eigenvalue weighted by atomic mass is 32.2. The van der Waals surface area contributed by atoms with Crippen molar-refractivity contribution in [3.8, 4) is 0 Å². The topological polar surface area (TPSA) is 75.4 Å². The fourth-order valence-electron chi connectivity index (χ4n) is 2.25. The molecule has 1 aliphatic heterocycles. The number of carbonyl (C=O) groups excluding carboxylic acids is 2. The van der Waals surface area contributed by atoms with Crippen molar-refractivity contribution in [3.05, 3.63) is 35.4 Å². The molecule has 0 spiro atoms. The highest BCUT2D eigenvalue weighted by molar-refractivity contribution is 7.99. The Kier molecular flexibility index (Phi) is 5.64. The summed E-state index contributed by atoms with van der Waals surface area (Å²) in [5.41, 5.74) is 6.68. The van der Waals surface area contributed by atoms with Gasteiger partial charge in [0.05, 0.1) is 0 Å². The second kappa shape index (κ2) is 7.47. The summed E-state index contributed by atoms with van der Waals surface area (Å²) in [5.74, 6) is 1.81. The molecule has 1 aliphatic rings. The van der Waals surface area contributed by atoms with Gasteiger partial charge in [-0.15, -0.1) is 0 Å². The van der Waals surface area contributed by atoms with E-state index in [9.17, 15) is 9.59 Å². The van der Waals surface area contributed by atoms with Gasteiger partial charge in [-0.1, -0.05) is 12.1 Å². The number of nitrogens with zero attached hydrogens (tertiary/aromatic N) is 1. The van der Waals surface area contributed by atoms with Gasteiger partial charge in [-0.3, -0.25) is 9.59 Å². The molecule has 1 aromatic rings. The first-order chi connectivity index (χ1) is 10.1. The third-order valence-electron chi connectivity index (χ3n) is 3.50. The zero-order valence-electron chi connectivity index (χ0n) is 12.2. The van der Waals surface area contributed by atoms with E-state index in [0.29, 0.717) is 18.5 Å². The minimum Gasteiger partial charge on any atom is -0.366 e. The maximum Gasteiger partial charge on any atom is 0.248 e. The van der Waals surface area contributed by atoms with Crippen LogP contribution < -0.4 is 11.1 Å². The van der Waals surface area contributed by atoms with Gasteiger partial charge in [-0.05, 0) is 17.7 Å². The van der Waals surface area contributed by atoms with Crippen LogP contribution in [-0.2, 0) is 11.3 Å². The molecule has 1 aromatic carbocycles. The molecule has 0 aliphatic carbocycles. The summed E-state index contributed by atoms with van der Waals surface area (Å²) in [7, 11) is 1.81. The lowest BCUT2D eigenvalue weighted by molar-refractivity contribution is -0.130. The summed E-state index contributed by atoms with van der Waals surface area (Å²) in [4.78, 5) is 24.9. The van der Waals surface area contributed by atoms with Crippen molar-refractivity contribution in [1.29, 1.82) is 0 Å². The van der Waals surface area contributed by atoms with Crippen LogP contribution in [0.5, 0.6) is 0 Å². The molecule has 0 radical (unpaired) electrons. The Morgan fingerprint density at radius 3 is 2.67 bits per heavy atom. The van der Waals surface area contributed by atoms with Crippen molar-refractivity contribution >= 4 is 23.6 Å². The third-order valence-corrected chi connectivity index (χ3v) is 4.63. The molecule has 114 valence electrons. The second-order valence-electron chi connectivity index (χ2n) is 5.24. The monoisotopic (exact) mass is 307 g/mol. The molecule has 5 nitrogen and oxygen atoms in total. The first kappa shape index (κ1) is 15.9. The summed E-state index contributed by atoms with van der Waals surface area (Å²) in [6, 6.07) is 7.32. The molecule has 3 N–H and O–H groups in total. The summed E-state index contributed by atoms with van der Waals surface area (Å²) < 4.78 is 0. The van der Waals surface area contributed by atoms with E-state index < -0.39 is 5.91 Å². The van der Waals surface area contributed by atoms with Crippen LogP contribution in [0.3, 0.4) is 0 Å². The van der Waals surface area contributed by atoms with Gasteiger partial charge in [0.15, 0.2) is 0 Å². The van der Waals surface area contributed by atoms with E-state index in [1.165, 1.54) is 0 Å². The molecule has 6 heteroatoms. The van der Waals surface area contributed by atoms with Gasteiger partial charge in [-0.25, -0.2) is 0 Å². The molecular formula is C15H21N3O2S. The standard InChI is InChI=1S/C15H21N3O2S/c1-18(14(19)8-13-10-21-7-6-17-13)9-11-2-4-12(5-3-11)15(16)20/h2-5,13,17H,6-10H2,1H3,(H2,16,20). The van der Waals surface area contributed by atoms with Gasteiger partial charge in [0.25, 0.3) is 0 Å². The molecule has 1 heterocycles. The van der Waals surface area contributed by atoms with Gasteiger partial charge in [0, 0.05) is 49.7 Å². The average Bonchev–Trinajstić information content (AvgIpc) is 2.48. The molecule has 1 atom stereocenters. The van der Waals surface area contributed by atoms with Crippen LogP contribution in [0.2, 0.25) is 0 Å². The van der Waals surface area contributed by atoms with Gasteiger partial charge in [0.1, 0.15) is 0 Å². The minimum absolute atomic E-state index is 0.133. The molecule has 0 aromatic heterocycles. The third kappa shape index (κ3) is 4.75. The summed E-state index contributed by atoms with van der Waals surface area (Å²) in [6.07, 6.45) is 0.531. The van der Waals surface area contributed by atoms with E-state index in [0.717, 1.165) is 23.6 Å². The Bertz CT molecular complexity index is 498. The van der Waals surface area contributed by atoms with Crippen LogP contribution >= 0.6 is 11.8 Å². The smallest absolute Gasteiger partial charge is 0.248 e. The molecule has 1 saturated heterocycles. The number of amides is 2. The van der Waals surface area contributed by atoms with Crippen LogP contribution in [0.4, 0.5) is 0 Å². The van der Waals surface area contributed by atoms with E-state index in [-0.39, 0.29) is 11.9 Å². The van der Waals surface area contributed by atoms with E-state index in [4.69, 9.17) is 5.73 Å². The number of rotatable bonds is 5. The van der Waals surface area contributed by atoms with Crippen molar-refractivity contribution in [1.82, 2.24) is 10.2 Å². The number of primary amides is 1. The Morgan fingerprint density at radius 1 is 1.38 bits per heavy atom. The van der Waals surface area contributed by atoms with Crippen LogP contribution in [-0.4, -0.2) is 47.9 Å². The quantitative estimate of drug-likeness (QED) is 0.845. The number of hydrogen-bond acceptors (Lipinski definition) is 4. The van der Waals surface area contributed by atoms with Gasteiger partial charge in [0.2, 0.25) is 11.8 Å². The van der Waals surface area contributed by atoms with Crippen molar-refractivity contribution in [2.24, 2.45) is 5.73 Å². The van der Waals surface area contributed by atoms with Crippen LogP contribution in [0.15, 0.2) is 24.3 Å². The number of hydrogen-bond donors (Lipinski definition) is 2. The maximum atomic E-state index is 12.2. The summed E-state index contributed by atoms with van der Waals surface area (Å²) in [5, 5.41) is 3.37. The Hall–Kier alpha value is -1.53. The minimum atomic E-state index is -0.438.